The SMILES string of the molecule is CCOc1cc(C(C)=O)c(CC)cc1N. The molecule has 3 nitrogen and oxygen atoms in total. The van der Waals surface area contributed by atoms with Gasteiger partial charge in [-0.15, -0.1) is 0 Å². The minimum atomic E-state index is 0.0489. The molecule has 0 atom stereocenters. The van der Waals surface area contributed by atoms with Crippen molar-refractivity contribution in [3.8, 4) is 5.75 Å². The molecule has 3 heteroatoms. The lowest BCUT2D eigenvalue weighted by atomic mass is 10.0. The topological polar surface area (TPSA) is 52.3 Å². The van der Waals surface area contributed by atoms with Gasteiger partial charge in [0.25, 0.3) is 0 Å². The first-order chi connectivity index (χ1) is 7.10. The lowest BCUT2D eigenvalue weighted by Crippen LogP contribution is -2.04. The first kappa shape index (κ1) is 11.6. The molecule has 0 aliphatic heterocycles. The normalized spacial score (nSPS) is 10.1. The van der Waals surface area contributed by atoms with E-state index in [-0.39, 0.29) is 5.78 Å². The number of ether oxygens (including phenoxy) is 1. The Morgan fingerprint density at radius 1 is 1.40 bits per heavy atom. The highest BCUT2D eigenvalue weighted by atomic mass is 16.5. The fraction of sp³-hybridized carbons (Fsp3) is 0.417. The van der Waals surface area contributed by atoms with E-state index >= 15 is 0 Å². The summed E-state index contributed by atoms with van der Waals surface area (Å²) in [5.74, 6) is 0.646. The van der Waals surface area contributed by atoms with Crippen molar-refractivity contribution in [3.63, 3.8) is 0 Å². The third-order valence-corrected chi connectivity index (χ3v) is 2.30. The summed E-state index contributed by atoms with van der Waals surface area (Å²) < 4.78 is 5.35. The average molecular weight is 207 g/mol. The van der Waals surface area contributed by atoms with Crippen molar-refractivity contribution in [2.45, 2.75) is 27.2 Å². The maximum atomic E-state index is 11.4. The highest BCUT2D eigenvalue weighted by Gasteiger charge is 2.10. The fourth-order valence-corrected chi connectivity index (χ4v) is 1.54. The molecule has 0 fully saturated rings. The van der Waals surface area contributed by atoms with Gasteiger partial charge in [-0.2, -0.15) is 0 Å². The molecule has 1 aromatic carbocycles. The zero-order valence-corrected chi connectivity index (χ0v) is 9.46. The second-order valence-electron chi connectivity index (χ2n) is 3.39. The number of ketones is 1. The van der Waals surface area contributed by atoms with E-state index in [1.807, 2.05) is 19.9 Å². The molecule has 1 aromatic rings. The van der Waals surface area contributed by atoms with Crippen LogP contribution >= 0.6 is 0 Å². The van der Waals surface area contributed by atoms with E-state index < -0.39 is 0 Å². The number of Topliss-reactive ketones (excluding diaryl/α,β-unsaturated/α-hetero) is 1. The van der Waals surface area contributed by atoms with Crippen LogP contribution in [0, 0.1) is 0 Å². The molecule has 0 saturated heterocycles. The molecule has 0 aromatic heterocycles. The molecule has 15 heavy (non-hydrogen) atoms. The largest absolute Gasteiger partial charge is 0.492 e. The number of hydrogen-bond donors (Lipinski definition) is 1. The number of carbonyl (C=O) groups is 1. The van der Waals surface area contributed by atoms with E-state index in [4.69, 9.17) is 10.5 Å². The Morgan fingerprint density at radius 2 is 2.07 bits per heavy atom. The van der Waals surface area contributed by atoms with Crippen molar-refractivity contribution >= 4 is 11.5 Å². The Hall–Kier alpha value is -1.51. The molecule has 0 aliphatic rings. The third kappa shape index (κ3) is 2.49. The number of aryl methyl sites for hydroxylation is 1. The van der Waals surface area contributed by atoms with Gasteiger partial charge in [0.15, 0.2) is 5.78 Å². The van der Waals surface area contributed by atoms with E-state index in [2.05, 4.69) is 0 Å². The zero-order valence-electron chi connectivity index (χ0n) is 9.46. The van der Waals surface area contributed by atoms with Gasteiger partial charge in [-0.3, -0.25) is 4.79 Å². The predicted molar refractivity (Wildman–Crippen MR) is 61.4 cm³/mol. The van der Waals surface area contributed by atoms with Crippen LogP contribution in [0.3, 0.4) is 0 Å². The summed E-state index contributed by atoms with van der Waals surface area (Å²) in [5.41, 5.74) is 8.09. The Bertz CT molecular complexity index is 372. The molecule has 2 N–H and O–H groups in total. The number of hydrogen-bond acceptors (Lipinski definition) is 3. The van der Waals surface area contributed by atoms with Crippen LogP contribution in [-0.2, 0) is 6.42 Å². The molecule has 82 valence electrons. The first-order valence-electron chi connectivity index (χ1n) is 5.16. The maximum absolute atomic E-state index is 11.4. The van der Waals surface area contributed by atoms with E-state index in [0.717, 1.165) is 12.0 Å². The number of anilines is 1. The monoisotopic (exact) mass is 207 g/mol. The fourth-order valence-electron chi connectivity index (χ4n) is 1.54. The van der Waals surface area contributed by atoms with Crippen molar-refractivity contribution in [2.75, 3.05) is 12.3 Å². The minimum Gasteiger partial charge on any atom is -0.492 e. The van der Waals surface area contributed by atoms with Crippen molar-refractivity contribution in [1.29, 1.82) is 0 Å². The van der Waals surface area contributed by atoms with Gasteiger partial charge in [0, 0.05) is 5.56 Å². The molecular formula is C12H17NO2. The van der Waals surface area contributed by atoms with E-state index in [1.165, 1.54) is 0 Å². The van der Waals surface area contributed by atoms with E-state index in [1.54, 1.807) is 13.0 Å². The van der Waals surface area contributed by atoms with Gasteiger partial charge in [0.2, 0.25) is 0 Å². The van der Waals surface area contributed by atoms with Crippen LogP contribution in [0.4, 0.5) is 5.69 Å². The van der Waals surface area contributed by atoms with Gasteiger partial charge >= 0.3 is 0 Å². The Labute approximate surface area is 90.2 Å². The zero-order chi connectivity index (χ0) is 11.4. The first-order valence-corrected chi connectivity index (χ1v) is 5.16. The lowest BCUT2D eigenvalue weighted by Gasteiger charge is -2.11. The van der Waals surface area contributed by atoms with Crippen molar-refractivity contribution in [2.24, 2.45) is 0 Å². The van der Waals surface area contributed by atoms with Crippen molar-refractivity contribution in [1.82, 2.24) is 0 Å². The van der Waals surface area contributed by atoms with Gasteiger partial charge in [-0.05, 0) is 38.0 Å². The summed E-state index contributed by atoms with van der Waals surface area (Å²) >= 11 is 0. The summed E-state index contributed by atoms with van der Waals surface area (Å²) in [6.07, 6.45) is 0.797. The average Bonchev–Trinajstić information content (AvgIpc) is 2.20. The number of carbonyl (C=O) groups excluding carboxylic acids is 1. The van der Waals surface area contributed by atoms with Crippen LogP contribution in [0.25, 0.3) is 0 Å². The Morgan fingerprint density at radius 3 is 2.53 bits per heavy atom. The number of benzene rings is 1. The number of nitrogens with two attached hydrogens (primary N) is 1. The van der Waals surface area contributed by atoms with Crippen LogP contribution in [0.5, 0.6) is 5.75 Å². The molecule has 0 aliphatic carbocycles. The van der Waals surface area contributed by atoms with Crippen LogP contribution in [0.1, 0.15) is 36.7 Å². The summed E-state index contributed by atoms with van der Waals surface area (Å²) in [5, 5.41) is 0. The van der Waals surface area contributed by atoms with Crippen molar-refractivity contribution < 1.29 is 9.53 Å². The molecule has 0 saturated carbocycles. The maximum Gasteiger partial charge on any atom is 0.160 e. The summed E-state index contributed by atoms with van der Waals surface area (Å²) in [6.45, 7) is 6.00. The van der Waals surface area contributed by atoms with E-state index in [9.17, 15) is 4.79 Å². The predicted octanol–water partition coefficient (Wildman–Crippen LogP) is 2.43. The van der Waals surface area contributed by atoms with Crippen LogP contribution in [-0.4, -0.2) is 12.4 Å². The summed E-state index contributed by atoms with van der Waals surface area (Å²) in [6, 6.07) is 3.56. The van der Waals surface area contributed by atoms with Gasteiger partial charge < -0.3 is 10.5 Å². The second-order valence-corrected chi connectivity index (χ2v) is 3.39. The van der Waals surface area contributed by atoms with Gasteiger partial charge in [0.1, 0.15) is 5.75 Å². The highest BCUT2D eigenvalue weighted by Crippen LogP contribution is 2.26. The van der Waals surface area contributed by atoms with Gasteiger partial charge in [0.05, 0.1) is 12.3 Å². The van der Waals surface area contributed by atoms with Gasteiger partial charge in [-0.1, -0.05) is 6.92 Å². The molecule has 0 spiro atoms. The molecule has 1 rings (SSSR count). The lowest BCUT2D eigenvalue weighted by molar-refractivity contribution is 0.101. The standard InChI is InChI=1S/C12H17NO2/c1-4-9-6-11(13)12(15-5-2)7-10(9)8(3)14/h6-7H,4-5,13H2,1-3H3. The Balaban J connectivity index is 3.23. The highest BCUT2D eigenvalue weighted by molar-refractivity contribution is 5.96. The summed E-state index contributed by atoms with van der Waals surface area (Å²) in [4.78, 5) is 11.4. The van der Waals surface area contributed by atoms with Crippen molar-refractivity contribution in [3.05, 3.63) is 23.3 Å². The molecule has 0 radical (unpaired) electrons. The molecule has 0 bridgehead atoms. The second kappa shape index (κ2) is 4.82. The quantitative estimate of drug-likeness (QED) is 0.609. The molecule has 0 heterocycles. The van der Waals surface area contributed by atoms with Gasteiger partial charge in [-0.25, -0.2) is 0 Å². The Kier molecular flexibility index (Phi) is 3.72. The number of nitrogen functional groups attached to an aromatic ring is 1. The van der Waals surface area contributed by atoms with E-state index in [0.29, 0.717) is 23.6 Å². The van der Waals surface area contributed by atoms with Crippen LogP contribution in [0.2, 0.25) is 0 Å². The molecule has 0 unspecified atom stereocenters. The molecular weight excluding hydrogens is 190 g/mol. The summed E-state index contributed by atoms with van der Waals surface area (Å²) in [7, 11) is 0. The minimum absolute atomic E-state index is 0.0489. The number of rotatable bonds is 4. The smallest absolute Gasteiger partial charge is 0.160 e. The van der Waals surface area contributed by atoms with Crippen LogP contribution in [0.15, 0.2) is 12.1 Å². The third-order valence-electron chi connectivity index (χ3n) is 2.30. The van der Waals surface area contributed by atoms with Crippen LogP contribution < -0.4 is 10.5 Å². The molecule has 0 amide bonds.